The lowest BCUT2D eigenvalue weighted by Gasteiger charge is -2.71. The minimum absolute atomic E-state index is 0.111. The van der Waals surface area contributed by atoms with Gasteiger partial charge in [-0.15, -0.1) is 0 Å². The van der Waals surface area contributed by atoms with E-state index in [4.69, 9.17) is 16.3 Å². The van der Waals surface area contributed by atoms with Gasteiger partial charge in [-0.05, 0) is 78.5 Å². The van der Waals surface area contributed by atoms with Crippen molar-refractivity contribution >= 4 is 23.6 Å². The standard InChI is InChI=1S/C28H37ClN2O3/c1-16(2)21-12-31(28-13-27(14-28,15-28)23(32)34-7)24(33)30-26(21,6)17-8-9-18(22(29)10-17)19-11-20(19)25(3,4)5/h8-10,12,16,19-20H,11,13-15H2,1-7H3,(H,30,33)/t19-,20+,26?,27?,28?/m0/s1. The van der Waals surface area contributed by atoms with E-state index in [9.17, 15) is 9.59 Å². The summed E-state index contributed by atoms with van der Waals surface area (Å²) in [4.78, 5) is 27.4. The number of rotatable bonds is 5. The molecule has 0 saturated heterocycles. The van der Waals surface area contributed by atoms with Crippen molar-refractivity contribution in [1.29, 1.82) is 0 Å². The van der Waals surface area contributed by atoms with E-state index in [1.807, 2.05) is 17.2 Å². The molecule has 4 fully saturated rings. The van der Waals surface area contributed by atoms with Crippen LogP contribution in [0.15, 0.2) is 30.0 Å². The first-order valence-corrected chi connectivity index (χ1v) is 12.9. The first-order valence-electron chi connectivity index (χ1n) is 12.5. The number of esters is 1. The second-order valence-electron chi connectivity index (χ2n) is 12.7. The van der Waals surface area contributed by atoms with Gasteiger partial charge in [-0.1, -0.05) is 58.4 Å². The average Bonchev–Trinajstić information content (AvgIpc) is 3.48. The van der Waals surface area contributed by atoms with Crippen molar-refractivity contribution in [3.05, 3.63) is 46.1 Å². The summed E-state index contributed by atoms with van der Waals surface area (Å²) in [6, 6.07) is 6.24. The molecule has 1 unspecified atom stereocenters. The molecule has 0 spiro atoms. The van der Waals surface area contributed by atoms with Gasteiger partial charge in [0.1, 0.15) is 0 Å². The van der Waals surface area contributed by atoms with Gasteiger partial charge < -0.3 is 10.1 Å². The van der Waals surface area contributed by atoms with Crippen molar-refractivity contribution in [3.63, 3.8) is 0 Å². The molecule has 2 amide bonds. The molecule has 184 valence electrons. The Bertz CT molecular complexity index is 1080. The summed E-state index contributed by atoms with van der Waals surface area (Å²) in [5.41, 5.74) is 2.35. The van der Waals surface area contributed by atoms with Crippen LogP contribution in [-0.4, -0.2) is 29.5 Å². The van der Waals surface area contributed by atoms with E-state index in [0.717, 1.165) is 16.2 Å². The van der Waals surface area contributed by atoms with Crippen molar-refractivity contribution in [3.8, 4) is 0 Å². The molecule has 6 rings (SSSR count). The van der Waals surface area contributed by atoms with Crippen molar-refractivity contribution < 1.29 is 14.3 Å². The van der Waals surface area contributed by atoms with Crippen LogP contribution in [0.2, 0.25) is 5.02 Å². The molecule has 4 saturated carbocycles. The second-order valence-corrected chi connectivity index (χ2v) is 13.1. The zero-order valence-electron chi connectivity index (χ0n) is 21.4. The summed E-state index contributed by atoms with van der Waals surface area (Å²) in [6.45, 7) is 13.3. The number of hydrogen-bond donors (Lipinski definition) is 1. The molecule has 1 aliphatic heterocycles. The van der Waals surface area contributed by atoms with E-state index in [0.29, 0.717) is 31.1 Å². The zero-order chi connectivity index (χ0) is 24.8. The number of urea groups is 1. The van der Waals surface area contributed by atoms with E-state index in [1.54, 1.807) is 0 Å². The van der Waals surface area contributed by atoms with Gasteiger partial charge in [0.2, 0.25) is 0 Å². The molecule has 0 aromatic heterocycles. The van der Waals surface area contributed by atoms with Crippen LogP contribution in [0.1, 0.15) is 84.3 Å². The van der Waals surface area contributed by atoms with Gasteiger partial charge in [-0.3, -0.25) is 9.69 Å². The van der Waals surface area contributed by atoms with Crippen LogP contribution >= 0.6 is 11.6 Å². The summed E-state index contributed by atoms with van der Waals surface area (Å²) in [6.07, 6.45) is 5.25. The molecule has 0 radical (unpaired) electrons. The van der Waals surface area contributed by atoms with Crippen molar-refractivity contribution in [2.75, 3.05) is 7.11 Å². The van der Waals surface area contributed by atoms with E-state index in [-0.39, 0.29) is 28.9 Å². The number of benzene rings is 1. The van der Waals surface area contributed by atoms with E-state index in [2.05, 4.69) is 59.0 Å². The summed E-state index contributed by atoms with van der Waals surface area (Å²) in [5.74, 6) is 1.24. The normalized spacial score (nSPS) is 36.3. The first-order chi connectivity index (χ1) is 15.8. The van der Waals surface area contributed by atoms with Gasteiger partial charge in [0.05, 0.1) is 23.6 Å². The number of methoxy groups -OCH3 is 1. The minimum atomic E-state index is -0.638. The third kappa shape index (κ3) is 3.26. The SMILES string of the molecule is COC(=O)C12CC(N3C=C(C(C)C)C(C)(c4ccc([C@@H]5C[C@H]5C(C)(C)C)c(Cl)c4)NC3=O)(C1)C2. The Morgan fingerprint density at radius 1 is 1.24 bits per heavy atom. The summed E-state index contributed by atoms with van der Waals surface area (Å²) >= 11 is 6.84. The van der Waals surface area contributed by atoms with Crippen LogP contribution in [0.4, 0.5) is 4.79 Å². The molecule has 5 aliphatic rings. The Labute approximate surface area is 208 Å². The molecule has 1 aromatic carbocycles. The molecule has 1 heterocycles. The number of ether oxygens (including phenoxy) is 1. The van der Waals surface area contributed by atoms with Gasteiger partial charge >= 0.3 is 12.0 Å². The third-order valence-corrected chi connectivity index (χ3v) is 9.38. The Hall–Kier alpha value is -2.01. The largest absolute Gasteiger partial charge is 0.469 e. The van der Waals surface area contributed by atoms with Crippen LogP contribution in [-0.2, 0) is 15.1 Å². The highest BCUT2D eigenvalue weighted by molar-refractivity contribution is 6.31. The lowest BCUT2D eigenvalue weighted by atomic mass is 9.38. The molecule has 1 aromatic rings. The van der Waals surface area contributed by atoms with Crippen molar-refractivity contribution in [2.24, 2.45) is 22.7 Å². The van der Waals surface area contributed by atoms with Gasteiger partial charge in [0.15, 0.2) is 0 Å². The zero-order valence-corrected chi connectivity index (χ0v) is 22.2. The smallest absolute Gasteiger partial charge is 0.322 e. The third-order valence-electron chi connectivity index (χ3n) is 9.06. The van der Waals surface area contributed by atoms with Crippen LogP contribution in [0.5, 0.6) is 0 Å². The molecule has 1 N–H and O–H groups in total. The predicted octanol–water partition coefficient (Wildman–Crippen LogP) is 6.37. The Kier molecular flexibility index (Phi) is 5.06. The molecule has 3 atom stereocenters. The molecule has 5 nitrogen and oxygen atoms in total. The highest BCUT2D eigenvalue weighted by Crippen LogP contribution is 2.71. The fourth-order valence-corrected chi connectivity index (χ4v) is 7.37. The Morgan fingerprint density at radius 3 is 2.38 bits per heavy atom. The Balaban J connectivity index is 1.43. The fraction of sp³-hybridized carbons (Fsp3) is 0.643. The van der Waals surface area contributed by atoms with Crippen LogP contribution < -0.4 is 5.32 Å². The maximum atomic E-state index is 13.4. The van der Waals surface area contributed by atoms with Gasteiger partial charge in [0, 0.05) is 11.2 Å². The van der Waals surface area contributed by atoms with E-state index >= 15 is 0 Å². The van der Waals surface area contributed by atoms with Crippen molar-refractivity contribution in [1.82, 2.24) is 10.2 Å². The number of carbonyl (C=O) groups excluding carboxylic acids is 2. The first kappa shape index (κ1) is 23.7. The van der Waals surface area contributed by atoms with Crippen LogP contribution in [0, 0.1) is 22.7 Å². The molecule has 34 heavy (non-hydrogen) atoms. The highest BCUT2D eigenvalue weighted by Gasteiger charge is 2.75. The lowest BCUT2D eigenvalue weighted by Crippen LogP contribution is -2.78. The van der Waals surface area contributed by atoms with Crippen molar-refractivity contribution in [2.45, 2.75) is 84.2 Å². The average molecular weight is 485 g/mol. The summed E-state index contributed by atoms with van der Waals surface area (Å²) in [5, 5.41) is 4.10. The topological polar surface area (TPSA) is 58.6 Å². The number of halogens is 1. The van der Waals surface area contributed by atoms with Crippen LogP contribution in [0.25, 0.3) is 0 Å². The number of nitrogens with one attached hydrogen (secondary N) is 1. The second kappa shape index (κ2) is 7.25. The molecular formula is C28H37ClN2O3. The molecule has 2 bridgehead atoms. The fourth-order valence-electron chi connectivity index (χ4n) is 7.05. The van der Waals surface area contributed by atoms with E-state index < -0.39 is 11.0 Å². The van der Waals surface area contributed by atoms with Gasteiger partial charge in [-0.2, -0.15) is 0 Å². The maximum absolute atomic E-state index is 13.4. The number of carbonyl (C=O) groups is 2. The minimum Gasteiger partial charge on any atom is -0.469 e. The maximum Gasteiger partial charge on any atom is 0.322 e. The highest BCUT2D eigenvalue weighted by atomic mass is 35.5. The quantitative estimate of drug-likeness (QED) is 0.494. The summed E-state index contributed by atoms with van der Waals surface area (Å²) < 4.78 is 4.99. The molecular weight excluding hydrogens is 448 g/mol. The Morgan fingerprint density at radius 2 is 1.88 bits per heavy atom. The number of amides is 2. The predicted molar refractivity (Wildman–Crippen MR) is 133 cm³/mol. The number of nitrogens with zero attached hydrogens (tertiary/aromatic N) is 1. The van der Waals surface area contributed by atoms with Gasteiger partial charge in [0.25, 0.3) is 0 Å². The van der Waals surface area contributed by atoms with Crippen LogP contribution in [0.3, 0.4) is 0 Å². The van der Waals surface area contributed by atoms with Gasteiger partial charge in [-0.25, -0.2) is 4.79 Å². The molecule has 6 heteroatoms. The number of hydrogen-bond acceptors (Lipinski definition) is 3. The lowest BCUT2D eigenvalue weighted by molar-refractivity contribution is -0.218. The van der Waals surface area contributed by atoms with E-state index in [1.165, 1.54) is 19.1 Å². The summed E-state index contributed by atoms with van der Waals surface area (Å²) in [7, 11) is 1.44. The molecule has 4 aliphatic carbocycles. The monoisotopic (exact) mass is 484 g/mol.